The summed E-state index contributed by atoms with van der Waals surface area (Å²) in [5, 5.41) is 8.36. The van der Waals surface area contributed by atoms with Crippen molar-refractivity contribution < 1.29 is 0 Å². The van der Waals surface area contributed by atoms with Crippen LogP contribution >= 0.6 is 11.6 Å². The topological polar surface area (TPSA) is 42.7 Å². The smallest absolute Gasteiger partial charge is 0.0834 e. The molecule has 0 aliphatic rings. The quantitative estimate of drug-likeness (QED) is 0.884. The molecule has 2 heterocycles. The summed E-state index contributed by atoms with van der Waals surface area (Å²) in [7, 11) is 1.94. The second-order valence-electron chi connectivity index (χ2n) is 4.47. The van der Waals surface area contributed by atoms with Crippen LogP contribution in [0.15, 0.2) is 30.6 Å². The maximum atomic E-state index is 6.28. The Kier molecular flexibility index (Phi) is 4.93. The van der Waals surface area contributed by atoms with Crippen LogP contribution in [0.5, 0.6) is 0 Å². The normalized spacial score (nSPS) is 12.6. The van der Waals surface area contributed by atoms with Crippen molar-refractivity contribution in [3.05, 3.63) is 47.0 Å². The fourth-order valence-corrected chi connectivity index (χ4v) is 2.44. The Hall–Kier alpha value is -1.39. The van der Waals surface area contributed by atoms with Crippen molar-refractivity contribution >= 4 is 11.6 Å². The van der Waals surface area contributed by atoms with E-state index in [1.165, 1.54) is 0 Å². The molecule has 1 atom stereocenters. The van der Waals surface area contributed by atoms with Gasteiger partial charge in [0.2, 0.25) is 0 Å². The number of nitrogens with zero attached hydrogens (tertiary/aromatic N) is 3. The number of hydrogen-bond acceptors (Lipinski definition) is 3. The zero-order valence-corrected chi connectivity index (χ0v) is 12.1. The van der Waals surface area contributed by atoms with Crippen LogP contribution in [0.2, 0.25) is 5.02 Å². The number of aromatic nitrogens is 3. The summed E-state index contributed by atoms with van der Waals surface area (Å²) in [5.41, 5.74) is 2.08. The van der Waals surface area contributed by atoms with Gasteiger partial charge in [-0.15, -0.1) is 0 Å². The lowest BCUT2D eigenvalue weighted by molar-refractivity contribution is 0.494. The monoisotopic (exact) mass is 278 g/mol. The van der Waals surface area contributed by atoms with E-state index in [-0.39, 0.29) is 6.04 Å². The van der Waals surface area contributed by atoms with E-state index in [2.05, 4.69) is 22.3 Å². The molecule has 1 N–H and O–H groups in total. The largest absolute Gasteiger partial charge is 0.311 e. The molecule has 0 spiro atoms. The van der Waals surface area contributed by atoms with Gasteiger partial charge in [0.1, 0.15) is 0 Å². The van der Waals surface area contributed by atoms with Crippen LogP contribution in [0.25, 0.3) is 0 Å². The van der Waals surface area contributed by atoms with Gasteiger partial charge in [-0.3, -0.25) is 9.67 Å². The van der Waals surface area contributed by atoms with E-state index in [1.807, 2.05) is 36.1 Å². The first-order valence-corrected chi connectivity index (χ1v) is 6.92. The highest BCUT2D eigenvalue weighted by molar-refractivity contribution is 6.31. The Morgan fingerprint density at radius 2 is 2.26 bits per heavy atom. The summed E-state index contributed by atoms with van der Waals surface area (Å²) in [6.07, 6.45) is 5.36. The lowest BCUT2D eigenvalue weighted by Crippen LogP contribution is -2.23. The highest BCUT2D eigenvalue weighted by atomic mass is 35.5. The van der Waals surface area contributed by atoms with Gasteiger partial charge in [0.05, 0.1) is 23.0 Å². The Morgan fingerprint density at radius 1 is 1.42 bits per heavy atom. The maximum absolute atomic E-state index is 6.28. The van der Waals surface area contributed by atoms with Crippen LogP contribution in [0.1, 0.15) is 30.8 Å². The minimum atomic E-state index is 0.122. The number of halogens is 1. The van der Waals surface area contributed by atoms with Gasteiger partial charge in [0, 0.05) is 24.9 Å². The van der Waals surface area contributed by atoms with E-state index in [9.17, 15) is 0 Å². The van der Waals surface area contributed by atoms with Crippen LogP contribution in [0.3, 0.4) is 0 Å². The molecule has 0 aromatic carbocycles. The Bertz CT molecular complexity index is 509. The van der Waals surface area contributed by atoms with Crippen molar-refractivity contribution in [1.29, 1.82) is 0 Å². The summed E-state index contributed by atoms with van der Waals surface area (Å²) in [6, 6.07) is 6.07. The Balaban J connectivity index is 2.24. The average molecular weight is 279 g/mol. The van der Waals surface area contributed by atoms with Crippen molar-refractivity contribution in [2.45, 2.75) is 32.4 Å². The van der Waals surface area contributed by atoms with E-state index < -0.39 is 0 Å². The minimum Gasteiger partial charge on any atom is -0.311 e. The second kappa shape index (κ2) is 6.68. The van der Waals surface area contributed by atoms with Gasteiger partial charge >= 0.3 is 0 Å². The second-order valence-corrected chi connectivity index (χ2v) is 4.87. The molecule has 2 aromatic heterocycles. The first-order valence-electron chi connectivity index (χ1n) is 6.54. The number of hydrogen-bond donors (Lipinski definition) is 1. The number of rotatable bonds is 6. The van der Waals surface area contributed by atoms with Gasteiger partial charge in [0.25, 0.3) is 0 Å². The standard InChI is InChI=1S/C14H19ClN4/c1-3-8-19-14(12(15)10-18-19)13(16-2)9-11-6-4-5-7-17-11/h4-7,10,13,16H,3,8-9H2,1-2H3. The molecule has 0 saturated heterocycles. The molecule has 0 saturated carbocycles. The SMILES string of the molecule is CCCn1ncc(Cl)c1C(Cc1ccccn1)NC. The lowest BCUT2D eigenvalue weighted by Gasteiger charge is -2.18. The number of pyridine rings is 1. The van der Waals surface area contributed by atoms with Crippen molar-refractivity contribution in [1.82, 2.24) is 20.1 Å². The molecule has 0 aliphatic heterocycles. The molecule has 0 radical (unpaired) electrons. The zero-order valence-electron chi connectivity index (χ0n) is 11.3. The Morgan fingerprint density at radius 3 is 2.89 bits per heavy atom. The van der Waals surface area contributed by atoms with E-state index in [1.54, 1.807) is 6.20 Å². The summed E-state index contributed by atoms with van der Waals surface area (Å²) >= 11 is 6.28. The third kappa shape index (κ3) is 3.33. The predicted molar refractivity (Wildman–Crippen MR) is 77.3 cm³/mol. The fraction of sp³-hybridized carbons (Fsp3) is 0.429. The third-order valence-electron chi connectivity index (χ3n) is 3.09. The number of likely N-dealkylation sites (N-methyl/N-ethyl adjacent to an activating group) is 1. The van der Waals surface area contributed by atoms with Gasteiger partial charge in [-0.2, -0.15) is 5.10 Å². The number of aryl methyl sites for hydroxylation is 1. The molecule has 2 aromatic rings. The molecular weight excluding hydrogens is 260 g/mol. The van der Waals surface area contributed by atoms with E-state index in [4.69, 9.17) is 11.6 Å². The van der Waals surface area contributed by atoms with Crippen molar-refractivity contribution in [3.8, 4) is 0 Å². The number of nitrogens with one attached hydrogen (secondary N) is 1. The van der Waals surface area contributed by atoms with Crippen LogP contribution in [0, 0.1) is 0 Å². The van der Waals surface area contributed by atoms with Crippen molar-refractivity contribution in [2.24, 2.45) is 0 Å². The molecule has 5 heteroatoms. The molecule has 2 rings (SSSR count). The zero-order chi connectivity index (χ0) is 13.7. The highest BCUT2D eigenvalue weighted by Crippen LogP contribution is 2.25. The summed E-state index contributed by atoms with van der Waals surface area (Å²) in [4.78, 5) is 4.37. The van der Waals surface area contributed by atoms with E-state index >= 15 is 0 Å². The predicted octanol–water partition coefficient (Wildman–Crippen LogP) is 2.84. The fourth-order valence-electron chi connectivity index (χ4n) is 2.17. The molecule has 102 valence electrons. The molecule has 1 unspecified atom stereocenters. The Labute approximate surface area is 118 Å². The van der Waals surface area contributed by atoms with Crippen molar-refractivity contribution in [3.63, 3.8) is 0 Å². The van der Waals surface area contributed by atoms with Crippen LogP contribution in [-0.2, 0) is 13.0 Å². The van der Waals surface area contributed by atoms with Gasteiger partial charge < -0.3 is 5.32 Å². The van der Waals surface area contributed by atoms with Crippen molar-refractivity contribution in [2.75, 3.05) is 7.05 Å². The summed E-state index contributed by atoms with van der Waals surface area (Å²) in [6.45, 7) is 3.01. The third-order valence-corrected chi connectivity index (χ3v) is 3.38. The van der Waals surface area contributed by atoms with Gasteiger partial charge in [0.15, 0.2) is 0 Å². The van der Waals surface area contributed by atoms with Gasteiger partial charge in [-0.25, -0.2) is 0 Å². The molecule has 0 amide bonds. The van der Waals surface area contributed by atoms with Crippen LogP contribution < -0.4 is 5.32 Å². The van der Waals surface area contributed by atoms with Crippen LogP contribution in [-0.4, -0.2) is 21.8 Å². The van der Waals surface area contributed by atoms with Gasteiger partial charge in [-0.1, -0.05) is 24.6 Å². The first-order chi connectivity index (χ1) is 9.26. The summed E-state index contributed by atoms with van der Waals surface area (Å²) in [5.74, 6) is 0. The van der Waals surface area contributed by atoms with E-state index in [0.29, 0.717) is 5.02 Å². The van der Waals surface area contributed by atoms with Crippen LogP contribution in [0.4, 0.5) is 0 Å². The van der Waals surface area contributed by atoms with E-state index in [0.717, 1.165) is 30.8 Å². The average Bonchev–Trinajstić information content (AvgIpc) is 2.79. The lowest BCUT2D eigenvalue weighted by atomic mass is 10.1. The first kappa shape index (κ1) is 14.0. The molecule has 0 bridgehead atoms. The maximum Gasteiger partial charge on any atom is 0.0834 e. The molecular formula is C14H19ClN4. The van der Waals surface area contributed by atoms with Gasteiger partial charge in [-0.05, 0) is 25.6 Å². The molecule has 19 heavy (non-hydrogen) atoms. The minimum absolute atomic E-state index is 0.122. The highest BCUT2D eigenvalue weighted by Gasteiger charge is 2.19. The summed E-state index contributed by atoms with van der Waals surface area (Å²) < 4.78 is 1.98. The molecule has 0 fully saturated rings. The molecule has 0 aliphatic carbocycles. The molecule has 4 nitrogen and oxygen atoms in total.